The minimum absolute atomic E-state index is 0.0958. The molecule has 2 N–H and O–H groups in total. The molecule has 0 fully saturated rings. The van der Waals surface area contributed by atoms with E-state index in [-0.39, 0.29) is 5.91 Å². The van der Waals surface area contributed by atoms with Crippen molar-refractivity contribution in [2.75, 3.05) is 6.54 Å². The molecule has 140 valence electrons. The van der Waals surface area contributed by atoms with Gasteiger partial charge in [-0.05, 0) is 55.8 Å². The van der Waals surface area contributed by atoms with Crippen LogP contribution in [0.4, 0.5) is 0 Å². The van der Waals surface area contributed by atoms with E-state index in [4.69, 9.17) is 0 Å². The number of hydrogen-bond acceptors (Lipinski definition) is 4. The van der Waals surface area contributed by atoms with Crippen molar-refractivity contribution < 1.29 is 4.79 Å². The predicted octanol–water partition coefficient (Wildman–Crippen LogP) is 2.24. The number of carbonyl (C=O) groups excluding carboxylic acids is 1. The monoisotopic (exact) mass is 355 g/mol. The minimum atomic E-state index is -0.0958. The van der Waals surface area contributed by atoms with Gasteiger partial charge in [0.15, 0.2) is 5.69 Å². The van der Waals surface area contributed by atoms with Gasteiger partial charge in [-0.2, -0.15) is 5.10 Å². The average Bonchev–Trinajstić information content (AvgIpc) is 2.97. The van der Waals surface area contributed by atoms with Crippen molar-refractivity contribution in [2.24, 2.45) is 13.0 Å². The summed E-state index contributed by atoms with van der Waals surface area (Å²) in [5.41, 5.74) is 3.91. The first kappa shape index (κ1) is 18.6. The van der Waals surface area contributed by atoms with Crippen molar-refractivity contribution in [3.05, 3.63) is 47.0 Å². The van der Waals surface area contributed by atoms with Crippen LogP contribution in [0.15, 0.2) is 24.5 Å². The summed E-state index contributed by atoms with van der Waals surface area (Å²) in [6, 6.07) is 4.24. The first-order valence-electron chi connectivity index (χ1n) is 9.49. The Bertz CT molecular complexity index is 738. The number of aromatic nitrogens is 3. The van der Waals surface area contributed by atoms with E-state index in [1.807, 2.05) is 23.9 Å². The Morgan fingerprint density at radius 3 is 2.85 bits per heavy atom. The van der Waals surface area contributed by atoms with Gasteiger partial charge in [0.2, 0.25) is 0 Å². The molecule has 6 nitrogen and oxygen atoms in total. The largest absolute Gasteiger partial charge is 0.347 e. The Morgan fingerprint density at radius 1 is 1.35 bits per heavy atom. The van der Waals surface area contributed by atoms with Gasteiger partial charge in [0.05, 0.1) is 0 Å². The van der Waals surface area contributed by atoms with Crippen LogP contribution >= 0.6 is 0 Å². The van der Waals surface area contributed by atoms with Crippen molar-refractivity contribution >= 4 is 5.91 Å². The highest BCUT2D eigenvalue weighted by Gasteiger charge is 2.28. The van der Waals surface area contributed by atoms with Gasteiger partial charge in [0, 0.05) is 43.3 Å². The van der Waals surface area contributed by atoms with Crippen molar-refractivity contribution in [3.8, 4) is 0 Å². The number of pyridine rings is 1. The molecule has 0 saturated carbocycles. The fraction of sp³-hybridized carbons (Fsp3) is 0.550. The van der Waals surface area contributed by atoms with Crippen LogP contribution in [0.25, 0.3) is 0 Å². The molecule has 1 aliphatic rings. The van der Waals surface area contributed by atoms with Gasteiger partial charge in [0.25, 0.3) is 5.91 Å². The van der Waals surface area contributed by atoms with Crippen LogP contribution in [-0.2, 0) is 26.4 Å². The van der Waals surface area contributed by atoms with E-state index in [9.17, 15) is 4.79 Å². The summed E-state index contributed by atoms with van der Waals surface area (Å²) in [5, 5.41) is 11.2. The Labute approximate surface area is 155 Å². The topological polar surface area (TPSA) is 71.8 Å². The third kappa shape index (κ3) is 4.49. The lowest BCUT2D eigenvalue weighted by Crippen LogP contribution is -2.36. The molecule has 0 radical (unpaired) electrons. The second-order valence-electron chi connectivity index (χ2n) is 7.51. The Kier molecular flexibility index (Phi) is 6.04. The molecular formula is C20H29N5O. The van der Waals surface area contributed by atoms with E-state index in [0.717, 1.165) is 36.9 Å². The Morgan fingerprint density at radius 2 is 2.12 bits per heavy atom. The number of fused-ring (bicyclic) bond motifs is 1. The van der Waals surface area contributed by atoms with Gasteiger partial charge in [-0.15, -0.1) is 0 Å². The smallest absolute Gasteiger partial charge is 0.272 e. The van der Waals surface area contributed by atoms with Gasteiger partial charge < -0.3 is 10.6 Å². The first-order valence-corrected chi connectivity index (χ1v) is 9.49. The zero-order valence-corrected chi connectivity index (χ0v) is 16.0. The lowest BCUT2D eigenvalue weighted by molar-refractivity contribution is 0.0944. The lowest BCUT2D eigenvalue weighted by atomic mass is 9.91. The molecule has 0 aliphatic heterocycles. The van der Waals surface area contributed by atoms with Crippen LogP contribution in [0.1, 0.15) is 54.0 Å². The molecule has 2 aromatic rings. The molecule has 0 bridgehead atoms. The zero-order valence-electron chi connectivity index (χ0n) is 16.0. The van der Waals surface area contributed by atoms with E-state index < -0.39 is 0 Å². The summed E-state index contributed by atoms with van der Waals surface area (Å²) < 4.78 is 1.88. The molecule has 1 amide bonds. The van der Waals surface area contributed by atoms with Gasteiger partial charge in [-0.3, -0.25) is 14.5 Å². The summed E-state index contributed by atoms with van der Waals surface area (Å²) in [4.78, 5) is 16.7. The number of hydrogen-bond donors (Lipinski definition) is 2. The number of nitrogens with zero attached hydrogens (tertiary/aromatic N) is 3. The highest BCUT2D eigenvalue weighted by atomic mass is 16.1. The van der Waals surface area contributed by atoms with E-state index in [1.54, 1.807) is 12.4 Å². The summed E-state index contributed by atoms with van der Waals surface area (Å²) in [6.07, 6.45) is 7.59. The fourth-order valence-electron chi connectivity index (χ4n) is 3.49. The van der Waals surface area contributed by atoms with Crippen molar-refractivity contribution in [1.29, 1.82) is 0 Å². The molecular weight excluding hydrogens is 326 g/mol. The molecule has 1 unspecified atom stereocenters. The third-order valence-corrected chi connectivity index (χ3v) is 5.03. The van der Waals surface area contributed by atoms with Crippen LogP contribution in [0.2, 0.25) is 0 Å². The molecule has 1 aliphatic carbocycles. The minimum Gasteiger partial charge on any atom is -0.347 e. The highest BCUT2D eigenvalue weighted by molar-refractivity contribution is 5.94. The zero-order chi connectivity index (χ0) is 18.5. The van der Waals surface area contributed by atoms with Gasteiger partial charge in [-0.1, -0.05) is 13.8 Å². The number of amides is 1. The third-order valence-electron chi connectivity index (χ3n) is 5.03. The standard InChI is InChI=1S/C20H29N5O/c1-14(2)6-11-22-16-4-5-18-17(12-16)19(24-25(18)3)20(26)23-13-15-7-9-21-10-8-15/h7-10,14,16,22H,4-6,11-13H2,1-3H3,(H,23,26). The van der Waals surface area contributed by atoms with Gasteiger partial charge >= 0.3 is 0 Å². The Hall–Kier alpha value is -2.21. The van der Waals surface area contributed by atoms with Crippen molar-refractivity contribution in [2.45, 2.75) is 52.1 Å². The highest BCUT2D eigenvalue weighted by Crippen LogP contribution is 2.24. The molecule has 0 saturated heterocycles. The maximum absolute atomic E-state index is 12.7. The first-order chi connectivity index (χ1) is 12.5. The number of carbonyl (C=O) groups is 1. The van der Waals surface area contributed by atoms with E-state index >= 15 is 0 Å². The van der Waals surface area contributed by atoms with Crippen LogP contribution in [0.5, 0.6) is 0 Å². The maximum Gasteiger partial charge on any atom is 0.272 e. The van der Waals surface area contributed by atoms with E-state index in [0.29, 0.717) is 24.2 Å². The quantitative estimate of drug-likeness (QED) is 0.799. The number of aryl methyl sites for hydroxylation is 1. The molecule has 3 rings (SSSR count). The van der Waals surface area contributed by atoms with Crippen LogP contribution in [0, 0.1) is 5.92 Å². The second kappa shape index (κ2) is 8.45. The van der Waals surface area contributed by atoms with E-state index in [2.05, 4.69) is 34.6 Å². The van der Waals surface area contributed by atoms with Crippen molar-refractivity contribution in [1.82, 2.24) is 25.4 Å². The molecule has 26 heavy (non-hydrogen) atoms. The van der Waals surface area contributed by atoms with Gasteiger partial charge in [0.1, 0.15) is 0 Å². The summed E-state index contributed by atoms with van der Waals surface area (Å²) in [5.74, 6) is 0.607. The van der Waals surface area contributed by atoms with E-state index in [1.165, 1.54) is 12.1 Å². The predicted molar refractivity (Wildman–Crippen MR) is 102 cm³/mol. The Balaban J connectivity index is 1.65. The lowest BCUT2D eigenvalue weighted by Gasteiger charge is -2.24. The van der Waals surface area contributed by atoms with Crippen LogP contribution in [0.3, 0.4) is 0 Å². The molecule has 0 aromatic carbocycles. The normalized spacial score (nSPS) is 16.5. The maximum atomic E-state index is 12.7. The number of rotatable bonds is 7. The second-order valence-corrected chi connectivity index (χ2v) is 7.51. The molecule has 6 heteroatoms. The average molecular weight is 355 g/mol. The number of nitrogens with one attached hydrogen (secondary N) is 2. The fourth-order valence-corrected chi connectivity index (χ4v) is 3.49. The summed E-state index contributed by atoms with van der Waals surface area (Å²) in [7, 11) is 1.94. The summed E-state index contributed by atoms with van der Waals surface area (Å²) >= 11 is 0. The van der Waals surface area contributed by atoms with Crippen LogP contribution < -0.4 is 10.6 Å². The molecule has 0 spiro atoms. The molecule has 2 aromatic heterocycles. The molecule has 1 atom stereocenters. The van der Waals surface area contributed by atoms with Crippen molar-refractivity contribution in [3.63, 3.8) is 0 Å². The van der Waals surface area contributed by atoms with Crippen LogP contribution in [-0.4, -0.2) is 33.3 Å². The SMILES string of the molecule is CC(C)CCNC1CCc2c(c(C(=O)NCc3ccncc3)nn2C)C1. The molecule has 2 heterocycles. The summed E-state index contributed by atoms with van der Waals surface area (Å²) in [6.45, 7) is 6.00. The van der Waals surface area contributed by atoms with Gasteiger partial charge in [-0.25, -0.2) is 0 Å².